The number of benzene rings is 2. The fraction of sp³-hybridized carbons (Fsp3) is 0.0526. The van der Waals surface area contributed by atoms with E-state index >= 15 is 0 Å². The molecule has 0 saturated carbocycles. The minimum absolute atomic E-state index is 0.160. The molecule has 0 atom stereocenters. The summed E-state index contributed by atoms with van der Waals surface area (Å²) in [6, 6.07) is 17.3. The van der Waals surface area contributed by atoms with Gasteiger partial charge in [-0.3, -0.25) is 4.79 Å². The second-order valence-electron chi connectivity index (χ2n) is 5.53. The molecule has 5 nitrogen and oxygen atoms in total. The maximum atomic E-state index is 12.5. The van der Waals surface area contributed by atoms with Gasteiger partial charge in [0.15, 0.2) is 5.82 Å². The number of nitrogens with one attached hydrogen (secondary N) is 1. The second-order valence-corrected chi connectivity index (χ2v) is 5.53. The zero-order chi connectivity index (χ0) is 16.5. The zero-order valence-electron chi connectivity index (χ0n) is 13.1. The van der Waals surface area contributed by atoms with Crippen LogP contribution in [0.2, 0.25) is 0 Å². The van der Waals surface area contributed by atoms with Gasteiger partial charge in [0.1, 0.15) is 0 Å². The van der Waals surface area contributed by atoms with Crippen molar-refractivity contribution >= 4 is 22.5 Å². The van der Waals surface area contributed by atoms with E-state index < -0.39 is 0 Å². The summed E-state index contributed by atoms with van der Waals surface area (Å²) in [7, 11) is 1.75. The molecule has 2 aromatic carbocycles. The first-order chi connectivity index (χ1) is 11.7. The minimum Gasteiger partial charge on any atom is -0.472 e. The quantitative estimate of drug-likeness (QED) is 0.622. The molecule has 0 aliphatic rings. The van der Waals surface area contributed by atoms with Gasteiger partial charge in [0.2, 0.25) is 0 Å². The third-order valence-electron chi connectivity index (χ3n) is 3.98. The van der Waals surface area contributed by atoms with E-state index in [4.69, 9.17) is 4.42 Å². The average Bonchev–Trinajstić information content (AvgIpc) is 3.15. The first-order valence-corrected chi connectivity index (χ1v) is 7.58. The Bertz CT molecular complexity index is 1050. The van der Waals surface area contributed by atoms with Crippen LogP contribution < -0.4 is 10.9 Å². The maximum absolute atomic E-state index is 12.5. The molecular formula is C19H15N3O2. The maximum Gasteiger partial charge on any atom is 0.293 e. The molecule has 2 heterocycles. The number of anilines is 2. The van der Waals surface area contributed by atoms with E-state index in [1.165, 1.54) is 0 Å². The Morgan fingerprint density at radius 1 is 1.00 bits per heavy atom. The van der Waals surface area contributed by atoms with Crippen molar-refractivity contribution in [2.45, 2.75) is 0 Å². The highest BCUT2D eigenvalue weighted by Crippen LogP contribution is 2.23. The van der Waals surface area contributed by atoms with Gasteiger partial charge in [-0.2, -0.15) is 0 Å². The predicted octanol–water partition coefficient (Wildman–Crippen LogP) is 3.94. The summed E-state index contributed by atoms with van der Waals surface area (Å²) < 4.78 is 6.70. The predicted molar refractivity (Wildman–Crippen MR) is 94.4 cm³/mol. The molecule has 2 aromatic heterocycles. The lowest BCUT2D eigenvalue weighted by molar-refractivity contribution is 0.568. The van der Waals surface area contributed by atoms with Gasteiger partial charge < -0.3 is 14.3 Å². The van der Waals surface area contributed by atoms with Crippen molar-refractivity contribution < 1.29 is 4.42 Å². The standard InChI is InChI=1S/C19H15N3O2/c1-22-17-5-3-2-4-16(17)21-18(19(22)23)20-15-8-6-13(7-9-15)14-10-11-24-12-14/h2-12H,1H3,(H,20,21). The van der Waals surface area contributed by atoms with E-state index in [1.54, 1.807) is 24.1 Å². The Balaban J connectivity index is 1.69. The number of furan rings is 1. The third-order valence-corrected chi connectivity index (χ3v) is 3.98. The summed E-state index contributed by atoms with van der Waals surface area (Å²) >= 11 is 0. The fourth-order valence-electron chi connectivity index (χ4n) is 2.67. The van der Waals surface area contributed by atoms with Crippen molar-refractivity contribution in [1.82, 2.24) is 9.55 Å². The van der Waals surface area contributed by atoms with Crippen LogP contribution in [0.25, 0.3) is 22.2 Å². The Labute approximate surface area is 138 Å². The van der Waals surface area contributed by atoms with Crippen LogP contribution >= 0.6 is 0 Å². The van der Waals surface area contributed by atoms with Crippen LogP contribution in [-0.4, -0.2) is 9.55 Å². The Morgan fingerprint density at radius 2 is 1.79 bits per heavy atom. The zero-order valence-corrected chi connectivity index (χ0v) is 13.1. The lowest BCUT2D eigenvalue weighted by Gasteiger charge is -2.10. The average molecular weight is 317 g/mol. The number of aryl methyl sites for hydroxylation is 1. The number of nitrogens with zero attached hydrogens (tertiary/aromatic N) is 2. The highest BCUT2D eigenvalue weighted by molar-refractivity contribution is 5.77. The summed E-state index contributed by atoms with van der Waals surface area (Å²) in [4.78, 5) is 16.9. The van der Waals surface area contributed by atoms with Crippen LogP contribution in [0.15, 0.2) is 76.3 Å². The van der Waals surface area contributed by atoms with Gasteiger partial charge in [0.05, 0.1) is 23.6 Å². The van der Waals surface area contributed by atoms with Crippen LogP contribution in [0.1, 0.15) is 0 Å². The smallest absolute Gasteiger partial charge is 0.293 e. The number of hydrogen-bond donors (Lipinski definition) is 1. The molecule has 1 N–H and O–H groups in total. The summed E-state index contributed by atoms with van der Waals surface area (Å²) in [5.74, 6) is 0.312. The van der Waals surface area contributed by atoms with Crippen molar-refractivity contribution in [2.75, 3.05) is 5.32 Å². The van der Waals surface area contributed by atoms with Gasteiger partial charge in [-0.25, -0.2) is 4.98 Å². The molecule has 5 heteroatoms. The van der Waals surface area contributed by atoms with Crippen molar-refractivity contribution in [3.8, 4) is 11.1 Å². The fourth-order valence-corrected chi connectivity index (χ4v) is 2.67. The highest BCUT2D eigenvalue weighted by atomic mass is 16.3. The van der Waals surface area contributed by atoms with Crippen LogP contribution in [-0.2, 0) is 7.05 Å². The second kappa shape index (κ2) is 5.70. The summed E-state index contributed by atoms with van der Waals surface area (Å²) in [5.41, 5.74) is 4.30. The summed E-state index contributed by atoms with van der Waals surface area (Å²) in [5, 5.41) is 3.11. The molecule has 0 bridgehead atoms. The van der Waals surface area contributed by atoms with Crippen molar-refractivity contribution in [3.05, 3.63) is 77.5 Å². The lowest BCUT2D eigenvalue weighted by Crippen LogP contribution is -2.21. The summed E-state index contributed by atoms with van der Waals surface area (Å²) in [6.45, 7) is 0. The first kappa shape index (κ1) is 14.3. The van der Waals surface area contributed by atoms with Crippen molar-refractivity contribution in [2.24, 2.45) is 7.05 Å². The molecule has 24 heavy (non-hydrogen) atoms. The number of fused-ring (bicyclic) bond motifs is 1. The summed E-state index contributed by atoms with van der Waals surface area (Å²) in [6.07, 6.45) is 3.34. The van der Waals surface area contributed by atoms with Crippen LogP contribution in [0.4, 0.5) is 11.5 Å². The molecule has 0 saturated heterocycles. The monoisotopic (exact) mass is 317 g/mol. The van der Waals surface area contributed by atoms with Crippen LogP contribution in [0, 0.1) is 0 Å². The SMILES string of the molecule is Cn1c(=O)c(Nc2ccc(-c3ccoc3)cc2)nc2ccccc21. The van der Waals surface area contributed by atoms with E-state index in [9.17, 15) is 4.79 Å². The minimum atomic E-state index is -0.160. The van der Waals surface area contributed by atoms with Gasteiger partial charge in [0.25, 0.3) is 5.56 Å². The van der Waals surface area contributed by atoms with Crippen molar-refractivity contribution in [3.63, 3.8) is 0 Å². The van der Waals surface area contributed by atoms with Gasteiger partial charge in [-0.1, -0.05) is 24.3 Å². The van der Waals surface area contributed by atoms with E-state index in [0.717, 1.165) is 27.8 Å². The Morgan fingerprint density at radius 3 is 2.54 bits per heavy atom. The molecule has 0 fully saturated rings. The van der Waals surface area contributed by atoms with Gasteiger partial charge in [-0.05, 0) is 35.9 Å². The van der Waals surface area contributed by atoms with Crippen molar-refractivity contribution in [1.29, 1.82) is 0 Å². The molecule has 0 aliphatic heterocycles. The van der Waals surface area contributed by atoms with E-state index in [2.05, 4.69) is 10.3 Å². The van der Waals surface area contributed by atoms with Gasteiger partial charge in [0, 0.05) is 18.3 Å². The first-order valence-electron chi connectivity index (χ1n) is 7.58. The molecule has 118 valence electrons. The third kappa shape index (κ3) is 2.46. The highest BCUT2D eigenvalue weighted by Gasteiger charge is 2.08. The molecule has 0 unspecified atom stereocenters. The number of para-hydroxylation sites is 2. The number of hydrogen-bond acceptors (Lipinski definition) is 4. The molecule has 4 rings (SSSR count). The molecule has 0 amide bonds. The number of aromatic nitrogens is 2. The van der Waals surface area contributed by atoms with Crippen LogP contribution in [0.3, 0.4) is 0 Å². The molecular weight excluding hydrogens is 302 g/mol. The topological polar surface area (TPSA) is 60.1 Å². The van der Waals surface area contributed by atoms with E-state index in [0.29, 0.717) is 5.82 Å². The molecule has 0 aliphatic carbocycles. The normalized spacial score (nSPS) is 10.9. The molecule has 0 radical (unpaired) electrons. The van der Waals surface area contributed by atoms with Gasteiger partial charge in [-0.15, -0.1) is 0 Å². The largest absolute Gasteiger partial charge is 0.472 e. The molecule has 0 spiro atoms. The van der Waals surface area contributed by atoms with E-state index in [-0.39, 0.29) is 5.56 Å². The Hall–Kier alpha value is -3.34. The lowest BCUT2D eigenvalue weighted by atomic mass is 10.1. The Kier molecular flexibility index (Phi) is 3.39. The van der Waals surface area contributed by atoms with Crippen LogP contribution in [0.5, 0.6) is 0 Å². The number of rotatable bonds is 3. The molecule has 4 aromatic rings. The van der Waals surface area contributed by atoms with E-state index in [1.807, 2.05) is 54.6 Å². The van der Waals surface area contributed by atoms with Gasteiger partial charge >= 0.3 is 0 Å².